The first-order valence-electron chi connectivity index (χ1n) is 4.03. The van der Waals surface area contributed by atoms with Crippen molar-refractivity contribution in [2.45, 2.75) is 0 Å². The number of primary amides is 1. The number of hydrogen-bond donors (Lipinski definition) is 1. The molecule has 0 saturated heterocycles. The van der Waals surface area contributed by atoms with E-state index in [9.17, 15) is 4.79 Å². The van der Waals surface area contributed by atoms with Gasteiger partial charge in [-0.15, -0.1) is 0 Å². The monoisotopic (exact) mass is 188 g/mol. The maximum absolute atomic E-state index is 11.0. The molecular weight excluding hydrogens is 180 g/mol. The summed E-state index contributed by atoms with van der Waals surface area (Å²) in [6.45, 7) is 0. The zero-order valence-electron chi connectivity index (χ0n) is 7.29. The van der Waals surface area contributed by atoms with Gasteiger partial charge in [-0.1, -0.05) is 0 Å². The van der Waals surface area contributed by atoms with Crippen molar-refractivity contribution >= 4 is 5.91 Å². The third-order valence-corrected chi connectivity index (χ3v) is 1.80. The molecule has 0 fully saturated rings. The fourth-order valence-electron chi connectivity index (χ4n) is 1.18. The average Bonchev–Trinajstić information content (AvgIpc) is 2.67. The van der Waals surface area contributed by atoms with E-state index in [1.807, 2.05) is 0 Å². The average molecular weight is 188 g/mol. The molecule has 0 bridgehead atoms. The smallest absolute Gasteiger partial charge is 0.267 e. The standard InChI is InChI=1S/C9H8N4O/c10-9(14)8-3-6-12-13(8)7-1-4-11-5-2-7/h1-6H,(H2,10,14). The maximum atomic E-state index is 11.0. The molecule has 2 aromatic rings. The van der Waals surface area contributed by atoms with Crippen LogP contribution in [0.2, 0.25) is 0 Å². The predicted octanol–water partition coefficient (Wildman–Crippen LogP) is 0.366. The molecule has 2 N–H and O–H groups in total. The first kappa shape index (κ1) is 8.43. The molecule has 5 nitrogen and oxygen atoms in total. The molecule has 5 heteroatoms. The Balaban J connectivity index is 2.52. The number of aromatic nitrogens is 3. The molecule has 0 radical (unpaired) electrons. The summed E-state index contributed by atoms with van der Waals surface area (Å²) in [6.07, 6.45) is 4.78. The van der Waals surface area contributed by atoms with Gasteiger partial charge >= 0.3 is 0 Å². The van der Waals surface area contributed by atoms with Gasteiger partial charge in [-0.3, -0.25) is 9.78 Å². The molecule has 14 heavy (non-hydrogen) atoms. The molecule has 0 atom stereocenters. The van der Waals surface area contributed by atoms with Gasteiger partial charge in [0.1, 0.15) is 5.69 Å². The van der Waals surface area contributed by atoms with Crippen molar-refractivity contribution in [3.05, 3.63) is 42.5 Å². The van der Waals surface area contributed by atoms with Gasteiger partial charge in [0.25, 0.3) is 5.91 Å². The number of nitrogens with two attached hydrogens (primary N) is 1. The molecular formula is C9H8N4O. The van der Waals surface area contributed by atoms with Crippen LogP contribution >= 0.6 is 0 Å². The second kappa shape index (κ2) is 3.29. The second-order valence-corrected chi connectivity index (χ2v) is 2.70. The van der Waals surface area contributed by atoms with Gasteiger partial charge in [0, 0.05) is 12.4 Å². The van der Waals surface area contributed by atoms with Crippen molar-refractivity contribution in [1.29, 1.82) is 0 Å². The minimum absolute atomic E-state index is 0.358. The van der Waals surface area contributed by atoms with Crippen molar-refractivity contribution < 1.29 is 4.79 Å². The lowest BCUT2D eigenvalue weighted by molar-refractivity contribution is 0.0993. The highest BCUT2D eigenvalue weighted by atomic mass is 16.1. The third kappa shape index (κ3) is 1.35. The number of amides is 1. The molecule has 2 heterocycles. The normalized spacial score (nSPS) is 10.0. The lowest BCUT2D eigenvalue weighted by Gasteiger charge is -2.03. The number of pyridine rings is 1. The fraction of sp³-hybridized carbons (Fsp3) is 0. The Morgan fingerprint density at radius 1 is 1.21 bits per heavy atom. The molecule has 2 aromatic heterocycles. The largest absolute Gasteiger partial charge is 0.364 e. The summed E-state index contributed by atoms with van der Waals surface area (Å²) in [5, 5.41) is 4.00. The van der Waals surface area contributed by atoms with Gasteiger partial charge in [0.15, 0.2) is 0 Å². The Labute approximate surface area is 80.2 Å². The van der Waals surface area contributed by atoms with Crippen LogP contribution < -0.4 is 5.73 Å². The van der Waals surface area contributed by atoms with Gasteiger partial charge in [0.2, 0.25) is 0 Å². The maximum Gasteiger partial charge on any atom is 0.267 e. The first-order chi connectivity index (χ1) is 6.79. The molecule has 0 saturated carbocycles. The highest BCUT2D eigenvalue weighted by Crippen LogP contribution is 2.07. The molecule has 2 rings (SSSR count). The van der Waals surface area contributed by atoms with E-state index >= 15 is 0 Å². The number of carbonyl (C=O) groups excluding carboxylic acids is 1. The number of hydrogen-bond acceptors (Lipinski definition) is 3. The van der Waals surface area contributed by atoms with E-state index in [1.54, 1.807) is 30.6 Å². The summed E-state index contributed by atoms with van der Waals surface area (Å²) in [5.74, 6) is -0.501. The highest BCUT2D eigenvalue weighted by Gasteiger charge is 2.08. The molecule has 0 unspecified atom stereocenters. The van der Waals surface area contributed by atoms with Crippen LogP contribution in [0.3, 0.4) is 0 Å². The molecule has 0 aromatic carbocycles. The molecule has 0 spiro atoms. The lowest BCUT2D eigenvalue weighted by atomic mass is 10.3. The van der Waals surface area contributed by atoms with Crippen LogP contribution in [0.15, 0.2) is 36.8 Å². The van der Waals surface area contributed by atoms with Gasteiger partial charge < -0.3 is 5.73 Å². The predicted molar refractivity (Wildman–Crippen MR) is 49.9 cm³/mol. The lowest BCUT2D eigenvalue weighted by Crippen LogP contribution is -2.16. The van der Waals surface area contributed by atoms with E-state index in [4.69, 9.17) is 5.73 Å². The topological polar surface area (TPSA) is 73.8 Å². The van der Waals surface area contributed by atoms with E-state index in [0.717, 1.165) is 5.69 Å². The Hall–Kier alpha value is -2.17. The second-order valence-electron chi connectivity index (χ2n) is 2.70. The molecule has 0 aliphatic heterocycles. The molecule has 70 valence electrons. The van der Waals surface area contributed by atoms with Crippen LogP contribution in [-0.2, 0) is 0 Å². The van der Waals surface area contributed by atoms with E-state index < -0.39 is 5.91 Å². The fourth-order valence-corrected chi connectivity index (χ4v) is 1.18. The molecule has 1 amide bonds. The number of nitrogens with zero attached hydrogens (tertiary/aromatic N) is 3. The Morgan fingerprint density at radius 3 is 2.57 bits per heavy atom. The summed E-state index contributed by atoms with van der Waals surface area (Å²) in [5.41, 5.74) is 6.30. The SMILES string of the molecule is NC(=O)c1ccnn1-c1ccncc1. The zero-order chi connectivity index (χ0) is 9.97. The van der Waals surface area contributed by atoms with Gasteiger partial charge in [-0.05, 0) is 18.2 Å². The minimum Gasteiger partial charge on any atom is -0.364 e. The number of carbonyl (C=O) groups is 1. The van der Waals surface area contributed by atoms with Crippen LogP contribution in [0, 0.1) is 0 Å². The van der Waals surface area contributed by atoms with E-state index in [1.165, 1.54) is 10.9 Å². The number of rotatable bonds is 2. The Kier molecular flexibility index (Phi) is 1.98. The van der Waals surface area contributed by atoms with Crippen LogP contribution in [0.4, 0.5) is 0 Å². The highest BCUT2D eigenvalue weighted by molar-refractivity contribution is 5.91. The molecule has 0 aliphatic rings. The molecule has 0 aliphatic carbocycles. The van der Waals surface area contributed by atoms with Gasteiger partial charge in [0.05, 0.1) is 11.9 Å². The zero-order valence-corrected chi connectivity index (χ0v) is 7.29. The minimum atomic E-state index is -0.501. The van der Waals surface area contributed by atoms with Gasteiger partial charge in [-0.2, -0.15) is 5.10 Å². The quantitative estimate of drug-likeness (QED) is 0.739. The summed E-state index contributed by atoms with van der Waals surface area (Å²) < 4.78 is 1.48. The van der Waals surface area contributed by atoms with E-state index in [2.05, 4.69) is 10.1 Å². The Bertz CT molecular complexity index is 449. The van der Waals surface area contributed by atoms with Crippen molar-refractivity contribution in [2.75, 3.05) is 0 Å². The van der Waals surface area contributed by atoms with Crippen LogP contribution in [-0.4, -0.2) is 20.7 Å². The van der Waals surface area contributed by atoms with Crippen molar-refractivity contribution in [3.63, 3.8) is 0 Å². The first-order valence-corrected chi connectivity index (χ1v) is 4.03. The van der Waals surface area contributed by atoms with E-state index in [0.29, 0.717) is 5.69 Å². The van der Waals surface area contributed by atoms with Crippen LogP contribution in [0.25, 0.3) is 5.69 Å². The van der Waals surface area contributed by atoms with Crippen molar-refractivity contribution in [1.82, 2.24) is 14.8 Å². The summed E-state index contributed by atoms with van der Waals surface area (Å²) in [6, 6.07) is 5.07. The van der Waals surface area contributed by atoms with Crippen LogP contribution in [0.5, 0.6) is 0 Å². The van der Waals surface area contributed by atoms with Gasteiger partial charge in [-0.25, -0.2) is 4.68 Å². The van der Waals surface area contributed by atoms with Crippen molar-refractivity contribution in [2.24, 2.45) is 5.73 Å². The summed E-state index contributed by atoms with van der Waals surface area (Å²) in [4.78, 5) is 14.9. The third-order valence-electron chi connectivity index (χ3n) is 1.80. The Morgan fingerprint density at radius 2 is 1.93 bits per heavy atom. The summed E-state index contributed by atoms with van der Waals surface area (Å²) >= 11 is 0. The van der Waals surface area contributed by atoms with Crippen molar-refractivity contribution in [3.8, 4) is 5.69 Å². The summed E-state index contributed by atoms with van der Waals surface area (Å²) in [7, 11) is 0. The van der Waals surface area contributed by atoms with Crippen LogP contribution in [0.1, 0.15) is 10.5 Å². The van der Waals surface area contributed by atoms with E-state index in [-0.39, 0.29) is 0 Å².